The zero-order valence-electron chi connectivity index (χ0n) is 9.84. The highest BCUT2D eigenvalue weighted by molar-refractivity contribution is 5.47. The minimum absolute atomic E-state index is 0.165. The lowest BCUT2D eigenvalue weighted by molar-refractivity contribution is 0.371. The molecule has 0 aliphatic carbocycles. The van der Waals surface area contributed by atoms with Gasteiger partial charge in [0.1, 0.15) is 5.82 Å². The van der Waals surface area contributed by atoms with Gasteiger partial charge in [-0.05, 0) is 6.07 Å². The molecule has 0 bridgehead atoms. The number of nitrogens with zero attached hydrogens (tertiary/aromatic N) is 2. The SMILES string of the molecule is COc1cccc(CNc2ccn(C)n2)c1O. The summed E-state index contributed by atoms with van der Waals surface area (Å²) in [6.45, 7) is 0.500. The van der Waals surface area contributed by atoms with Gasteiger partial charge >= 0.3 is 0 Å². The molecule has 0 fully saturated rings. The van der Waals surface area contributed by atoms with Gasteiger partial charge in [0.25, 0.3) is 0 Å². The molecule has 0 saturated carbocycles. The Kier molecular flexibility index (Phi) is 3.18. The molecule has 2 aromatic rings. The minimum Gasteiger partial charge on any atom is -0.504 e. The van der Waals surface area contributed by atoms with Gasteiger partial charge < -0.3 is 15.2 Å². The summed E-state index contributed by atoms with van der Waals surface area (Å²) < 4.78 is 6.76. The van der Waals surface area contributed by atoms with E-state index in [9.17, 15) is 5.11 Å². The number of rotatable bonds is 4. The van der Waals surface area contributed by atoms with Crippen LogP contribution in [0.5, 0.6) is 11.5 Å². The van der Waals surface area contributed by atoms with E-state index in [4.69, 9.17) is 4.74 Å². The molecule has 1 heterocycles. The number of hydrogen-bond acceptors (Lipinski definition) is 4. The van der Waals surface area contributed by atoms with Gasteiger partial charge in [0.05, 0.1) is 7.11 Å². The smallest absolute Gasteiger partial charge is 0.162 e. The highest BCUT2D eigenvalue weighted by Crippen LogP contribution is 2.29. The molecule has 0 spiro atoms. The maximum absolute atomic E-state index is 9.88. The molecule has 0 aliphatic rings. The maximum atomic E-state index is 9.88. The predicted molar refractivity (Wildman–Crippen MR) is 65.2 cm³/mol. The highest BCUT2D eigenvalue weighted by Gasteiger charge is 2.07. The first-order valence-electron chi connectivity index (χ1n) is 5.29. The van der Waals surface area contributed by atoms with Crippen molar-refractivity contribution in [3.05, 3.63) is 36.0 Å². The average molecular weight is 233 g/mol. The van der Waals surface area contributed by atoms with E-state index in [-0.39, 0.29) is 5.75 Å². The first-order valence-corrected chi connectivity index (χ1v) is 5.29. The van der Waals surface area contributed by atoms with Crippen LogP contribution in [0.3, 0.4) is 0 Å². The number of ether oxygens (including phenoxy) is 1. The summed E-state index contributed by atoms with van der Waals surface area (Å²) in [5, 5.41) is 17.2. The van der Waals surface area contributed by atoms with Crippen LogP contribution in [0.4, 0.5) is 5.82 Å². The monoisotopic (exact) mass is 233 g/mol. The van der Waals surface area contributed by atoms with Crippen molar-refractivity contribution in [1.29, 1.82) is 0 Å². The largest absolute Gasteiger partial charge is 0.504 e. The number of phenols is 1. The average Bonchev–Trinajstić information content (AvgIpc) is 2.74. The van der Waals surface area contributed by atoms with Gasteiger partial charge in [-0.15, -0.1) is 0 Å². The molecule has 0 radical (unpaired) electrons. The number of methoxy groups -OCH3 is 1. The van der Waals surface area contributed by atoms with Gasteiger partial charge in [-0.3, -0.25) is 4.68 Å². The van der Waals surface area contributed by atoms with Crippen molar-refractivity contribution in [1.82, 2.24) is 9.78 Å². The van der Waals surface area contributed by atoms with Crippen molar-refractivity contribution in [3.63, 3.8) is 0 Å². The molecule has 17 heavy (non-hydrogen) atoms. The Labute approximate surface area is 99.6 Å². The van der Waals surface area contributed by atoms with Crippen LogP contribution in [0.2, 0.25) is 0 Å². The standard InChI is InChI=1S/C12H15N3O2/c1-15-7-6-11(14-15)13-8-9-4-3-5-10(17-2)12(9)16/h3-7,16H,8H2,1-2H3,(H,13,14). The van der Waals surface area contributed by atoms with Crippen LogP contribution in [0.15, 0.2) is 30.5 Å². The van der Waals surface area contributed by atoms with Crippen molar-refractivity contribution < 1.29 is 9.84 Å². The Morgan fingerprint density at radius 3 is 2.88 bits per heavy atom. The molecular formula is C12H15N3O2. The molecule has 0 unspecified atom stereocenters. The van der Waals surface area contributed by atoms with Gasteiger partial charge in [0.2, 0.25) is 0 Å². The Hall–Kier alpha value is -2.17. The van der Waals surface area contributed by atoms with Gasteiger partial charge in [-0.2, -0.15) is 5.10 Å². The molecule has 0 saturated heterocycles. The Morgan fingerprint density at radius 2 is 2.24 bits per heavy atom. The van der Waals surface area contributed by atoms with Crippen LogP contribution in [0, 0.1) is 0 Å². The Bertz CT molecular complexity index is 508. The zero-order valence-corrected chi connectivity index (χ0v) is 9.84. The lowest BCUT2D eigenvalue weighted by Crippen LogP contribution is -2.01. The van der Waals surface area contributed by atoms with Crippen molar-refractivity contribution in [3.8, 4) is 11.5 Å². The quantitative estimate of drug-likeness (QED) is 0.844. The fourth-order valence-electron chi connectivity index (χ4n) is 1.57. The van der Waals surface area contributed by atoms with Crippen molar-refractivity contribution >= 4 is 5.82 Å². The van der Waals surface area contributed by atoms with Gasteiger partial charge in [0.15, 0.2) is 11.5 Å². The molecule has 0 amide bonds. The lowest BCUT2D eigenvalue weighted by atomic mass is 10.2. The van der Waals surface area contributed by atoms with Crippen molar-refractivity contribution in [2.45, 2.75) is 6.54 Å². The predicted octanol–water partition coefficient (Wildman–Crippen LogP) is 1.75. The first-order chi connectivity index (χ1) is 8.20. The lowest BCUT2D eigenvalue weighted by Gasteiger charge is -2.09. The van der Waals surface area contributed by atoms with E-state index in [0.717, 1.165) is 11.4 Å². The molecule has 0 aliphatic heterocycles. The van der Waals surface area contributed by atoms with Gasteiger partial charge in [-0.1, -0.05) is 12.1 Å². The van der Waals surface area contributed by atoms with E-state index in [1.807, 2.05) is 31.4 Å². The molecule has 5 heteroatoms. The molecule has 90 valence electrons. The van der Waals surface area contributed by atoms with Crippen molar-refractivity contribution in [2.75, 3.05) is 12.4 Å². The molecule has 5 nitrogen and oxygen atoms in total. The van der Waals surface area contributed by atoms with E-state index >= 15 is 0 Å². The number of phenolic OH excluding ortho intramolecular Hbond substituents is 1. The Balaban J connectivity index is 2.09. The molecule has 2 N–H and O–H groups in total. The molecule has 1 aromatic heterocycles. The van der Waals surface area contributed by atoms with E-state index in [2.05, 4.69) is 10.4 Å². The van der Waals surface area contributed by atoms with Crippen LogP contribution in [0.25, 0.3) is 0 Å². The van der Waals surface area contributed by atoms with Crippen LogP contribution >= 0.6 is 0 Å². The number of aromatic hydroxyl groups is 1. The third kappa shape index (κ3) is 2.50. The highest BCUT2D eigenvalue weighted by atomic mass is 16.5. The van der Waals surface area contributed by atoms with Crippen LogP contribution in [-0.2, 0) is 13.6 Å². The van der Waals surface area contributed by atoms with Crippen LogP contribution < -0.4 is 10.1 Å². The minimum atomic E-state index is 0.165. The first kappa shape index (κ1) is 11.3. The maximum Gasteiger partial charge on any atom is 0.162 e. The molecule has 2 rings (SSSR count). The summed E-state index contributed by atoms with van der Waals surface area (Å²) in [5.74, 6) is 1.42. The molecule has 1 aromatic carbocycles. The number of para-hydroxylation sites is 1. The van der Waals surface area contributed by atoms with Crippen molar-refractivity contribution in [2.24, 2.45) is 7.05 Å². The number of aryl methyl sites for hydroxylation is 1. The number of hydrogen-bond donors (Lipinski definition) is 2. The second-order valence-electron chi connectivity index (χ2n) is 3.70. The van der Waals surface area contributed by atoms with Crippen LogP contribution in [-0.4, -0.2) is 22.0 Å². The number of benzene rings is 1. The fourth-order valence-corrected chi connectivity index (χ4v) is 1.57. The normalized spacial score (nSPS) is 10.2. The molecular weight excluding hydrogens is 218 g/mol. The van der Waals surface area contributed by atoms with Gasteiger partial charge in [-0.25, -0.2) is 0 Å². The summed E-state index contributed by atoms with van der Waals surface area (Å²) in [4.78, 5) is 0. The summed E-state index contributed by atoms with van der Waals surface area (Å²) >= 11 is 0. The van der Waals surface area contributed by atoms with E-state index < -0.39 is 0 Å². The van der Waals surface area contributed by atoms with Gasteiger partial charge in [0, 0.05) is 31.4 Å². The summed E-state index contributed by atoms with van der Waals surface area (Å²) in [6, 6.07) is 7.28. The van der Waals surface area contributed by atoms with Crippen LogP contribution in [0.1, 0.15) is 5.56 Å². The summed E-state index contributed by atoms with van der Waals surface area (Å²) in [6.07, 6.45) is 1.85. The molecule has 0 atom stereocenters. The number of aromatic nitrogens is 2. The fraction of sp³-hybridized carbons (Fsp3) is 0.250. The summed E-state index contributed by atoms with van der Waals surface area (Å²) in [7, 11) is 3.39. The number of nitrogens with one attached hydrogen (secondary N) is 1. The van der Waals surface area contributed by atoms with E-state index in [1.165, 1.54) is 7.11 Å². The second kappa shape index (κ2) is 4.78. The Morgan fingerprint density at radius 1 is 1.41 bits per heavy atom. The third-order valence-corrected chi connectivity index (χ3v) is 2.48. The topological polar surface area (TPSA) is 59.3 Å². The van der Waals surface area contributed by atoms with E-state index in [0.29, 0.717) is 12.3 Å². The zero-order chi connectivity index (χ0) is 12.3. The number of anilines is 1. The van der Waals surface area contributed by atoms with E-state index in [1.54, 1.807) is 10.7 Å². The summed E-state index contributed by atoms with van der Waals surface area (Å²) in [5.41, 5.74) is 0.773. The third-order valence-electron chi connectivity index (χ3n) is 2.48. The second-order valence-corrected chi connectivity index (χ2v) is 3.70.